The van der Waals surface area contributed by atoms with Gasteiger partial charge in [0, 0.05) is 6.42 Å². The topological polar surface area (TPSA) is 58.6 Å². The van der Waals surface area contributed by atoms with Gasteiger partial charge in [-0.05, 0) is 38.0 Å². The molecule has 1 aromatic rings. The van der Waals surface area contributed by atoms with E-state index in [1.807, 2.05) is 0 Å². The fourth-order valence-electron chi connectivity index (χ4n) is 1.70. The molecule has 0 saturated heterocycles. The number of hydrogen-bond donors (Lipinski definition) is 2. The van der Waals surface area contributed by atoms with E-state index in [-0.39, 0.29) is 24.1 Å². The van der Waals surface area contributed by atoms with Crippen molar-refractivity contribution in [2.75, 3.05) is 0 Å². The molecule has 1 amide bonds. The Balaban J connectivity index is 2.58. The second-order valence-electron chi connectivity index (χ2n) is 4.63. The molecular weight excluding hydrogens is 268 g/mol. The van der Waals surface area contributed by atoms with E-state index in [1.54, 1.807) is 26.0 Å². The summed E-state index contributed by atoms with van der Waals surface area (Å²) < 4.78 is 28.6. The van der Waals surface area contributed by atoms with Crippen molar-refractivity contribution in [2.45, 2.75) is 45.4 Å². The number of benzene rings is 1. The third-order valence-corrected chi connectivity index (χ3v) is 2.75. The van der Waals surface area contributed by atoms with Crippen LogP contribution < -0.4 is 10.1 Å². The van der Waals surface area contributed by atoms with Crippen LogP contribution >= 0.6 is 0 Å². The number of nitrogens with one attached hydrogen (secondary N) is 1. The number of aliphatic hydroxyl groups excluding tert-OH is 1. The van der Waals surface area contributed by atoms with Crippen LogP contribution in [-0.2, 0) is 4.79 Å². The normalized spacial score (nSPS) is 13.9. The standard InChI is InChI=1S/C14H19F2NO3/c1-9(18)6-7-13(19)17-10(2)11-4-3-5-12(8-11)20-14(15)16/h3-5,8-10,14,18H,6-7H2,1-2H3,(H,17,19). The molecule has 0 spiro atoms. The van der Waals surface area contributed by atoms with Gasteiger partial charge in [-0.25, -0.2) is 0 Å². The van der Waals surface area contributed by atoms with Crippen LogP contribution in [-0.4, -0.2) is 23.7 Å². The van der Waals surface area contributed by atoms with E-state index >= 15 is 0 Å². The average molecular weight is 287 g/mol. The third-order valence-electron chi connectivity index (χ3n) is 2.75. The first-order chi connectivity index (χ1) is 9.38. The largest absolute Gasteiger partial charge is 0.435 e. The maximum absolute atomic E-state index is 12.1. The molecule has 4 nitrogen and oxygen atoms in total. The van der Waals surface area contributed by atoms with E-state index < -0.39 is 12.7 Å². The molecule has 0 bridgehead atoms. The SMILES string of the molecule is CC(O)CCC(=O)NC(C)c1cccc(OC(F)F)c1. The predicted octanol–water partition coefficient (Wildman–Crippen LogP) is 2.63. The molecule has 2 N–H and O–H groups in total. The molecule has 0 fully saturated rings. The zero-order valence-corrected chi connectivity index (χ0v) is 11.5. The van der Waals surface area contributed by atoms with Crippen LogP contribution in [0.4, 0.5) is 8.78 Å². The first-order valence-corrected chi connectivity index (χ1v) is 6.40. The Bertz CT molecular complexity index is 438. The van der Waals surface area contributed by atoms with Gasteiger partial charge in [-0.15, -0.1) is 0 Å². The lowest BCUT2D eigenvalue weighted by Crippen LogP contribution is -2.27. The molecule has 0 aliphatic carbocycles. The van der Waals surface area contributed by atoms with Gasteiger partial charge < -0.3 is 15.2 Å². The van der Waals surface area contributed by atoms with Crippen LogP contribution in [0, 0.1) is 0 Å². The summed E-state index contributed by atoms with van der Waals surface area (Å²) in [6.07, 6.45) is 0.0707. The summed E-state index contributed by atoms with van der Waals surface area (Å²) in [5, 5.41) is 11.8. The first kappa shape index (κ1) is 16.4. The van der Waals surface area contributed by atoms with Gasteiger partial charge in [0.25, 0.3) is 0 Å². The molecular formula is C14H19F2NO3. The van der Waals surface area contributed by atoms with E-state index in [9.17, 15) is 13.6 Å². The first-order valence-electron chi connectivity index (χ1n) is 6.40. The minimum Gasteiger partial charge on any atom is -0.435 e. The third kappa shape index (κ3) is 5.97. The second-order valence-corrected chi connectivity index (χ2v) is 4.63. The fourth-order valence-corrected chi connectivity index (χ4v) is 1.70. The van der Waals surface area contributed by atoms with E-state index in [2.05, 4.69) is 10.1 Å². The minimum absolute atomic E-state index is 0.0579. The summed E-state index contributed by atoms with van der Waals surface area (Å²) in [5.74, 6) is -0.138. The summed E-state index contributed by atoms with van der Waals surface area (Å²) in [6, 6.07) is 5.88. The molecule has 2 atom stereocenters. The zero-order chi connectivity index (χ0) is 15.1. The Morgan fingerprint density at radius 3 is 2.70 bits per heavy atom. The maximum Gasteiger partial charge on any atom is 0.387 e. The molecule has 1 rings (SSSR count). The van der Waals surface area contributed by atoms with Gasteiger partial charge in [-0.1, -0.05) is 12.1 Å². The zero-order valence-electron chi connectivity index (χ0n) is 11.5. The van der Waals surface area contributed by atoms with Gasteiger partial charge in [0.2, 0.25) is 5.91 Å². The van der Waals surface area contributed by atoms with Gasteiger partial charge in [0.05, 0.1) is 12.1 Å². The molecule has 112 valence electrons. The monoisotopic (exact) mass is 287 g/mol. The van der Waals surface area contributed by atoms with Crippen LogP contribution in [0.1, 0.15) is 38.3 Å². The predicted molar refractivity (Wildman–Crippen MR) is 70.5 cm³/mol. The number of hydrogen-bond acceptors (Lipinski definition) is 3. The van der Waals surface area contributed by atoms with Crippen molar-refractivity contribution in [3.05, 3.63) is 29.8 Å². The lowest BCUT2D eigenvalue weighted by molar-refractivity contribution is -0.122. The lowest BCUT2D eigenvalue weighted by atomic mass is 10.1. The molecule has 0 aromatic heterocycles. The molecule has 6 heteroatoms. The van der Waals surface area contributed by atoms with Crippen LogP contribution in [0.25, 0.3) is 0 Å². The van der Waals surface area contributed by atoms with Crippen LogP contribution in [0.2, 0.25) is 0 Å². The van der Waals surface area contributed by atoms with Crippen molar-refractivity contribution in [3.63, 3.8) is 0 Å². The Morgan fingerprint density at radius 1 is 1.40 bits per heavy atom. The Morgan fingerprint density at radius 2 is 2.10 bits per heavy atom. The van der Waals surface area contributed by atoms with Gasteiger partial charge in [-0.2, -0.15) is 8.78 Å². The Hall–Kier alpha value is -1.69. The molecule has 20 heavy (non-hydrogen) atoms. The Kier molecular flexibility index (Phi) is 6.38. The van der Waals surface area contributed by atoms with Gasteiger partial charge >= 0.3 is 6.61 Å². The quantitative estimate of drug-likeness (QED) is 0.810. The van der Waals surface area contributed by atoms with Gasteiger partial charge in [0.15, 0.2) is 0 Å². The number of carbonyl (C=O) groups is 1. The fraction of sp³-hybridized carbons (Fsp3) is 0.500. The summed E-state index contributed by atoms with van der Waals surface area (Å²) >= 11 is 0. The summed E-state index contributed by atoms with van der Waals surface area (Å²) in [6.45, 7) is 0.491. The molecule has 0 saturated carbocycles. The summed E-state index contributed by atoms with van der Waals surface area (Å²) in [4.78, 5) is 11.6. The van der Waals surface area contributed by atoms with E-state index in [4.69, 9.17) is 5.11 Å². The van der Waals surface area contributed by atoms with Crippen molar-refractivity contribution in [1.29, 1.82) is 0 Å². The van der Waals surface area contributed by atoms with E-state index in [1.165, 1.54) is 12.1 Å². The number of alkyl halides is 2. The van der Waals surface area contributed by atoms with E-state index in [0.29, 0.717) is 12.0 Å². The minimum atomic E-state index is -2.87. The molecule has 2 unspecified atom stereocenters. The average Bonchev–Trinajstić information content (AvgIpc) is 2.36. The number of rotatable bonds is 7. The van der Waals surface area contributed by atoms with Gasteiger partial charge in [0.1, 0.15) is 5.75 Å². The number of carbonyl (C=O) groups excluding carboxylic acids is 1. The van der Waals surface area contributed by atoms with Crippen molar-refractivity contribution in [1.82, 2.24) is 5.32 Å². The van der Waals surface area contributed by atoms with E-state index in [0.717, 1.165) is 0 Å². The van der Waals surface area contributed by atoms with Crippen LogP contribution in [0.15, 0.2) is 24.3 Å². The van der Waals surface area contributed by atoms with Gasteiger partial charge in [-0.3, -0.25) is 4.79 Å². The highest BCUT2D eigenvalue weighted by molar-refractivity contribution is 5.76. The summed E-state index contributed by atoms with van der Waals surface area (Å²) in [7, 11) is 0. The van der Waals surface area contributed by atoms with Crippen molar-refractivity contribution >= 4 is 5.91 Å². The van der Waals surface area contributed by atoms with Crippen molar-refractivity contribution in [3.8, 4) is 5.75 Å². The molecule has 1 aromatic carbocycles. The number of amides is 1. The number of halogens is 2. The highest BCUT2D eigenvalue weighted by Gasteiger charge is 2.12. The molecule has 0 aliphatic rings. The molecule has 0 radical (unpaired) electrons. The highest BCUT2D eigenvalue weighted by atomic mass is 19.3. The lowest BCUT2D eigenvalue weighted by Gasteiger charge is -2.16. The van der Waals surface area contributed by atoms with Crippen LogP contribution in [0.5, 0.6) is 5.75 Å². The Labute approximate surface area is 116 Å². The van der Waals surface area contributed by atoms with Crippen LogP contribution in [0.3, 0.4) is 0 Å². The number of aliphatic hydroxyl groups is 1. The smallest absolute Gasteiger partial charge is 0.387 e. The molecule has 0 aliphatic heterocycles. The maximum atomic E-state index is 12.1. The molecule has 0 heterocycles. The van der Waals surface area contributed by atoms with Crippen molar-refractivity contribution in [2.24, 2.45) is 0 Å². The number of ether oxygens (including phenoxy) is 1. The second kappa shape index (κ2) is 7.79. The summed E-state index contributed by atoms with van der Waals surface area (Å²) in [5.41, 5.74) is 0.675. The van der Waals surface area contributed by atoms with Crippen molar-refractivity contribution < 1.29 is 23.4 Å². The highest BCUT2D eigenvalue weighted by Crippen LogP contribution is 2.20.